The van der Waals surface area contributed by atoms with Gasteiger partial charge in [-0.2, -0.15) is 0 Å². The minimum atomic E-state index is -0.536. The van der Waals surface area contributed by atoms with Crippen LogP contribution in [-0.4, -0.2) is 21.4 Å². The molecule has 3 aromatic rings. The first kappa shape index (κ1) is 15.9. The number of amides is 2. The summed E-state index contributed by atoms with van der Waals surface area (Å²) in [6.45, 7) is 1.94. The second kappa shape index (κ2) is 6.29. The van der Waals surface area contributed by atoms with Crippen LogP contribution in [0.4, 0.5) is 5.69 Å². The highest BCUT2D eigenvalue weighted by atomic mass is 32.1. The van der Waals surface area contributed by atoms with Crippen LogP contribution in [0, 0.1) is 6.92 Å². The van der Waals surface area contributed by atoms with E-state index in [4.69, 9.17) is 5.73 Å². The zero-order valence-corrected chi connectivity index (χ0v) is 14.1. The third kappa shape index (κ3) is 3.21. The molecule has 1 aromatic carbocycles. The van der Waals surface area contributed by atoms with E-state index in [1.807, 2.05) is 18.5 Å². The van der Waals surface area contributed by atoms with Crippen LogP contribution < -0.4 is 11.1 Å². The number of benzene rings is 1. The molecule has 0 atom stereocenters. The molecule has 122 valence electrons. The lowest BCUT2D eigenvalue weighted by atomic mass is 10.2. The molecule has 2 amide bonds. The number of nitrogens with one attached hydrogen (secondary N) is 1. The Hall–Kier alpha value is -2.93. The van der Waals surface area contributed by atoms with Gasteiger partial charge in [0.2, 0.25) is 5.91 Å². The summed E-state index contributed by atoms with van der Waals surface area (Å²) < 4.78 is 1.75. The molecule has 0 unspecified atom stereocenters. The number of carbonyl (C=O) groups is 2. The van der Waals surface area contributed by atoms with Crippen LogP contribution in [0.5, 0.6) is 0 Å². The lowest BCUT2D eigenvalue weighted by molar-refractivity contribution is 0.0995. The van der Waals surface area contributed by atoms with Gasteiger partial charge in [-0.25, -0.2) is 4.98 Å². The molecule has 2 heterocycles. The summed E-state index contributed by atoms with van der Waals surface area (Å²) in [4.78, 5) is 28.2. The largest absolute Gasteiger partial charge is 0.366 e. The first-order valence-corrected chi connectivity index (χ1v) is 8.12. The van der Waals surface area contributed by atoms with Crippen LogP contribution in [0.25, 0.3) is 11.3 Å². The molecule has 3 N–H and O–H groups in total. The smallest absolute Gasteiger partial charge is 0.272 e. The number of thiazole rings is 1. The minimum Gasteiger partial charge on any atom is -0.366 e. The summed E-state index contributed by atoms with van der Waals surface area (Å²) in [5.74, 6) is -0.802. The van der Waals surface area contributed by atoms with Crippen molar-refractivity contribution in [2.24, 2.45) is 12.8 Å². The Morgan fingerprint density at radius 3 is 2.75 bits per heavy atom. The van der Waals surface area contributed by atoms with Crippen molar-refractivity contribution >= 4 is 28.8 Å². The number of hydrogen-bond acceptors (Lipinski definition) is 4. The molecule has 3 rings (SSSR count). The Bertz CT molecular complexity index is 926. The van der Waals surface area contributed by atoms with E-state index in [0.29, 0.717) is 16.9 Å². The summed E-state index contributed by atoms with van der Waals surface area (Å²) >= 11 is 1.56. The molecule has 6 nitrogen and oxygen atoms in total. The second-order valence-corrected chi connectivity index (χ2v) is 6.44. The number of rotatable bonds is 4. The van der Waals surface area contributed by atoms with E-state index in [1.54, 1.807) is 53.3 Å². The second-order valence-electron chi connectivity index (χ2n) is 5.38. The quantitative estimate of drug-likeness (QED) is 0.765. The standard InChI is InChI=1S/C17H16N4O2S/c1-10-19-14(9-24-10)12-7-15(21(2)8-12)17(23)20-13-5-3-4-11(6-13)16(18)22/h3-9H,1-2H3,(H2,18,22)(H,20,23). The van der Waals surface area contributed by atoms with Gasteiger partial charge in [-0.15, -0.1) is 11.3 Å². The fraction of sp³-hybridized carbons (Fsp3) is 0.118. The number of nitrogens with zero attached hydrogens (tertiary/aromatic N) is 2. The molecular formula is C17H16N4O2S. The minimum absolute atomic E-state index is 0.266. The molecule has 0 saturated carbocycles. The third-order valence-corrected chi connectivity index (χ3v) is 4.33. The van der Waals surface area contributed by atoms with Gasteiger partial charge >= 0.3 is 0 Å². The zero-order valence-electron chi connectivity index (χ0n) is 13.2. The van der Waals surface area contributed by atoms with Gasteiger partial charge in [-0.1, -0.05) is 6.07 Å². The van der Waals surface area contributed by atoms with E-state index in [1.165, 1.54) is 0 Å². The number of primary amides is 1. The normalized spacial score (nSPS) is 10.6. The Kier molecular flexibility index (Phi) is 4.18. The maximum absolute atomic E-state index is 12.5. The van der Waals surface area contributed by atoms with Crippen molar-refractivity contribution in [1.82, 2.24) is 9.55 Å². The number of aryl methyl sites for hydroxylation is 2. The van der Waals surface area contributed by atoms with Gasteiger partial charge in [0.1, 0.15) is 5.69 Å². The summed E-state index contributed by atoms with van der Waals surface area (Å²) in [7, 11) is 1.80. The van der Waals surface area contributed by atoms with Gasteiger partial charge in [-0.05, 0) is 31.2 Å². The first-order valence-electron chi connectivity index (χ1n) is 7.24. The predicted octanol–water partition coefficient (Wildman–Crippen LogP) is 2.81. The summed E-state index contributed by atoms with van der Waals surface area (Å²) in [5, 5.41) is 5.72. The summed E-state index contributed by atoms with van der Waals surface area (Å²) in [6, 6.07) is 8.32. The molecular weight excluding hydrogens is 324 g/mol. The summed E-state index contributed by atoms with van der Waals surface area (Å²) in [5.41, 5.74) is 8.36. The van der Waals surface area contributed by atoms with E-state index in [-0.39, 0.29) is 5.91 Å². The average molecular weight is 340 g/mol. The van der Waals surface area contributed by atoms with E-state index in [2.05, 4.69) is 10.3 Å². The van der Waals surface area contributed by atoms with E-state index < -0.39 is 5.91 Å². The maximum atomic E-state index is 12.5. The van der Waals surface area contributed by atoms with Crippen molar-refractivity contribution in [3.05, 3.63) is 58.2 Å². The molecule has 0 bridgehead atoms. The molecule has 24 heavy (non-hydrogen) atoms. The molecule has 0 fully saturated rings. The molecule has 0 aliphatic heterocycles. The van der Waals surface area contributed by atoms with Gasteiger partial charge in [0.25, 0.3) is 5.91 Å². The molecule has 0 aliphatic rings. The van der Waals surface area contributed by atoms with Crippen molar-refractivity contribution < 1.29 is 9.59 Å². The van der Waals surface area contributed by atoms with Crippen LogP contribution >= 0.6 is 11.3 Å². The van der Waals surface area contributed by atoms with E-state index >= 15 is 0 Å². The van der Waals surface area contributed by atoms with Gasteiger partial charge in [0.05, 0.1) is 10.7 Å². The molecule has 0 aliphatic carbocycles. The van der Waals surface area contributed by atoms with Gasteiger partial charge in [0, 0.05) is 35.4 Å². The molecule has 0 radical (unpaired) electrons. The highest BCUT2D eigenvalue weighted by molar-refractivity contribution is 7.09. The molecule has 7 heteroatoms. The van der Waals surface area contributed by atoms with Gasteiger partial charge in [0.15, 0.2) is 0 Å². The van der Waals surface area contributed by atoms with Crippen molar-refractivity contribution in [3.8, 4) is 11.3 Å². The number of nitrogens with two attached hydrogens (primary N) is 1. The van der Waals surface area contributed by atoms with Crippen molar-refractivity contribution in [1.29, 1.82) is 0 Å². The van der Waals surface area contributed by atoms with Crippen LogP contribution in [0.15, 0.2) is 41.9 Å². The first-order chi connectivity index (χ1) is 11.4. The maximum Gasteiger partial charge on any atom is 0.272 e. The highest BCUT2D eigenvalue weighted by Gasteiger charge is 2.14. The van der Waals surface area contributed by atoms with Crippen LogP contribution in [0.1, 0.15) is 25.9 Å². The lowest BCUT2D eigenvalue weighted by Crippen LogP contribution is -2.16. The van der Waals surface area contributed by atoms with Gasteiger partial charge < -0.3 is 15.6 Å². The lowest BCUT2D eigenvalue weighted by Gasteiger charge is -2.06. The fourth-order valence-corrected chi connectivity index (χ4v) is 2.99. The molecule has 0 spiro atoms. The van der Waals surface area contributed by atoms with Crippen molar-refractivity contribution in [2.75, 3.05) is 5.32 Å². The Balaban J connectivity index is 1.84. The van der Waals surface area contributed by atoms with Crippen LogP contribution in [0.2, 0.25) is 0 Å². The highest BCUT2D eigenvalue weighted by Crippen LogP contribution is 2.24. The van der Waals surface area contributed by atoms with Gasteiger partial charge in [-0.3, -0.25) is 9.59 Å². The Morgan fingerprint density at radius 2 is 2.08 bits per heavy atom. The monoisotopic (exact) mass is 340 g/mol. The zero-order chi connectivity index (χ0) is 17.3. The average Bonchev–Trinajstić information content (AvgIpc) is 3.13. The van der Waals surface area contributed by atoms with E-state index in [9.17, 15) is 9.59 Å². The summed E-state index contributed by atoms with van der Waals surface area (Å²) in [6.07, 6.45) is 1.86. The van der Waals surface area contributed by atoms with Crippen molar-refractivity contribution in [2.45, 2.75) is 6.92 Å². The number of hydrogen-bond donors (Lipinski definition) is 2. The fourth-order valence-electron chi connectivity index (χ4n) is 2.37. The third-order valence-electron chi connectivity index (χ3n) is 3.56. The number of carbonyl (C=O) groups excluding carboxylic acids is 2. The Morgan fingerprint density at radius 1 is 1.29 bits per heavy atom. The number of aromatic nitrogens is 2. The van der Waals surface area contributed by atoms with Crippen LogP contribution in [0.3, 0.4) is 0 Å². The van der Waals surface area contributed by atoms with E-state index in [0.717, 1.165) is 16.3 Å². The molecule has 0 saturated heterocycles. The SMILES string of the molecule is Cc1nc(-c2cc(C(=O)Nc3cccc(C(N)=O)c3)n(C)c2)cs1. The topological polar surface area (TPSA) is 90.0 Å². The number of anilines is 1. The Labute approximate surface area is 142 Å². The molecule has 2 aromatic heterocycles. The van der Waals surface area contributed by atoms with Crippen molar-refractivity contribution in [3.63, 3.8) is 0 Å². The van der Waals surface area contributed by atoms with Crippen LogP contribution in [-0.2, 0) is 7.05 Å². The predicted molar refractivity (Wildman–Crippen MR) is 94.2 cm³/mol.